The number of rotatable bonds is 6. The second-order valence-corrected chi connectivity index (χ2v) is 5.45. The minimum atomic E-state index is 0.488. The standard InChI is InChI=1S/C16H16BrClO/c17-16-9-8-15(11-14(16)12-18)19-10-4-7-13-5-2-1-3-6-13/h1-3,5-6,8-9,11H,4,7,10,12H2. The van der Waals surface area contributed by atoms with Crippen molar-refractivity contribution in [1.82, 2.24) is 0 Å². The molecule has 0 heterocycles. The van der Waals surface area contributed by atoms with E-state index >= 15 is 0 Å². The van der Waals surface area contributed by atoms with Gasteiger partial charge in [0, 0.05) is 10.4 Å². The summed E-state index contributed by atoms with van der Waals surface area (Å²) in [5.41, 5.74) is 2.41. The number of halogens is 2. The summed E-state index contributed by atoms with van der Waals surface area (Å²) < 4.78 is 6.77. The van der Waals surface area contributed by atoms with E-state index in [2.05, 4.69) is 40.2 Å². The van der Waals surface area contributed by atoms with Crippen molar-refractivity contribution >= 4 is 27.5 Å². The summed E-state index contributed by atoms with van der Waals surface area (Å²) in [5, 5.41) is 0. The van der Waals surface area contributed by atoms with Crippen molar-refractivity contribution in [2.24, 2.45) is 0 Å². The van der Waals surface area contributed by atoms with Crippen LogP contribution in [0.2, 0.25) is 0 Å². The van der Waals surface area contributed by atoms with E-state index in [4.69, 9.17) is 16.3 Å². The molecule has 2 aromatic rings. The summed E-state index contributed by atoms with van der Waals surface area (Å²) in [5.74, 6) is 1.37. The Morgan fingerprint density at radius 3 is 2.58 bits per heavy atom. The van der Waals surface area contributed by atoms with Gasteiger partial charge >= 0.3 is 0 Å². The van der Waals surface area contributed by atoms with Gasteiger partial charge in [0.1, 0.15) is 5.75 Å². The van der Waals surface area contributed by atoms with Gasteiger partial charge in [0.15, 0.2) is 0 Å². The summed E-state index contributed by atoms with van der Waals surface area (Å²) in [7, 11) is 0. The topological polar surface area (TPSA) is 9.23 Å². The van der Waals surface area contributed by atoms with Gasteiger partial charge in [-0.1, -0.05) is 46.3 Å². The maximum atomic E-state index is 5.86. The fraction of sp³-hybridized carbons (Fsp3) is 0.250. The number of ether oxygens (including phenoxy) is 1. The van der Waals surface area contributed by atoms with Gasteiger partial charge in [0.25, 0.3) is 0 Å². The van der Waals surface area contributed by atoms with E-state index in [0.29, 0.717) is 5.88 Å². The smallest absolute Gasteiger partial charge is 0.119 e. The molecule has 0 bridgehead atoms. The predicted molar refractivity (Wildman–Crippen MR) is 84.0 cm³/mol. The van der Waals surface area contributed by atoms with Crippen molar-refractivity contribution in [3.8, 4) is 5.75 Å². The second-order valence-electron chi connectivity index (χ2n) is 4.32. The van der Waals surface area contributed by atoms with Crippen LogP contribution in [0.1, 0.15) is 17.5 Å². The summed E-state index contributed by atoms with van der Waals surface area (Å²) in [6.45, 7) is 0.720. The van der Waals surface area contributed by atoms with Crippen LogP contribution in [-0.2, 0) is 12.3 Å². The summed E-state index contributed by atoms with van der Waals surface area (Å²) in [6, 6.07) is 16.4. The van der Waals surface area contributed by atoms with E-state index in [9.17, 15) is 0 Å². The van der Waals surface area contributed by atoms with E-state index in [0.717, 1.165) is 35.2 Å². The lowest BCUT2D eigenvalue weighted by atomic mass is 10.1. The molecule has 0 aromatic heterocycles. The minimum absolute atomic E-state index is 0.488. The van der Waals surface area contributed by atoms with Crippen LogP contribution in [-0.4, -0.2) is 6.61 Å². The van der Waals surface area contributed by atoms with E-state index < -0.39 is 0 Å². The van der Waals surface area contributed by atoms with Crippen LogP contribution in [0.25, 0.3) is 0 Å². The SMILES string of the molecule is ClCc1cc(OCCCc2ccccc2)ccc1Br. The van der Waals surface area contributed by atoms with Crippen molar-refractivity contribution in [2.75, 3.05) is 6.61 Å². The molecule has 0 aliphatic heterocycles. The normalized spacial score (nSPS) is 10.4. The van der Waals surface area contributed by atoms with Gasteiger partial charge in [-0.3, -0.25) is 0 Å². The first-order chi connectivity index (χ1) is 9.29. The summed E-state index contributed by atoms with van der Waals surface area (Å²) in [6.07, 6.45) is 2.05. The van der Waals surface area contributed by atoms with E-state index in [1.54, 1.807) is 0 Å². The van der Waals surface area contributed by atoms with Crippen molar-refractivity contribution in [3.63, 3.8) is 0 Å². The molecule has 0 amide bonds. The highest BCUT2D eigenvalue weighted by Gasteiger charge is 2.01. The number of alkyl halides is 1. The van der Waals surface area contributed by atoms with Crippen LogP contribution in [0, 0.1) is 0 Å². The quantitative estimate of drug-likeness (QED) is 0.519. The average molecular weight is 340 g/mol. The zero-order valence-corrected chi connectivity index (χ0v) is 13.0. The molecule has 0 aliphatic rings. The first kappa shape index (κ1) is 14.4. The molecular formula is C16H16BrClO. The Bertz CT molecular complexity index is 513. The highest BCUT2D eigenvalue weighted by molar-refractivity contribution is 9.10. The fourth-order valence-corrected chi connectivity index (χ4v) is 2.62. The second kappa shape index (κ2) is 7.56. The van der Waals surface area contributed by atoms with Gasteiger partial charge in [-0.15, -0.1) is 11.6 Å². The largest absolute Gasteiger partial charge is 0.494 e. The number of benzene rings is 2. The molecule has 0 saturated heterocycles. The van der Waals surface area contributed by atoms with E-state index in [-0.39, 0.29) is 0 Å². The Balaban J connectivity index is 1.80. The van der Waals surface area contributed by atoms with Crippen LogP contribution in [0.15, 0.2) is 53.0 Å². The average Bonchev–Trinajstić information content (AvgIpc) is 2.46. The van der Waals surface area contributed by atoms with E-state index in [1.165, 1.54) is 5.56 Å². The Labute approximate surface area is 127 Å². The number of hydrogen-bond donors (Lipinski definition) is 0. The fourth-order valence-electron chi connectivity index (χ4n) is 1.85. The molecule has 2 aromatic carbocycles. The zero-order chi connectivity index (χ0) is 13.5. The van der Waals surface area contributed by atoms with Crippen LogP contribution in [0.4, 0.5) is 0 Å². The van der Waals surface area contributed by atoms with Crippen molar-refractivity contribution in [1.29, 1.82) is 0 Å². The van der Waals surface area contributed by atoms with Gasteiger partial charge in [-0.05, 0) is 42.2 Å². The molecule has 0 aliphatic carbocycles. The van der Waals surface area contributed by atoms with Gasteiger partial charge in [0.05, 0.1) is 6.61 Å². The molecule has 0 unspecified atom stereocenters. The van der Waals surface area contributed by atoms with Gasteiger partial charge < -0.3 is 4.74 Å². The highest BCUT2D eigenvalue weighted by Crippen LogP contribution is 2.24. The first-order valence-corrected chi connectivity index (χ1v) is 7.63. The van der Waals surface area contributed by atoms with Gasteiger partial charge in [-0.25, -0.2) is 0 Å². The Morgan fingerprint density at radius 2 is 1.84 bits per heavy atom. The monoisotopic (exact) mass is 338 g/mol. The van der Waals surface area contributed by atoms with Crippen molar-refractivity contribution in [3.05, 3.63) is 64.1 Å². The highest BCUT2D eigenvalue weighted by atomic mass is 79.9. The zero-order valence-electron chi connectivity index (χ0n) is 10.6. The molecule has 0 radical (unpaired) electrons. The predicted octanol–water partition coefficient (Wildman–Crippen LogP) is 5.20. The Kier molecular flexibility index (Phi) is 5.74. The summed E-state index contributed by atoms with van der Waals surface area (Å²) >= 11 is 9.32. The number of aryl methyl sites for hydroxylation is 1. The Hall–Kier alpha value is -0.990. The third kappa shape index (κ3) is 4.55. The molecule has 100 valence electrons. The molecule has 19 heavy (non-hydrogen) atoms. The van der Waals surface area contributed by atoms with Crippen LogP contribution >= 0.6 is 27.5 Å². The first-order valence-electron chi connectivity index (χ1n) is 6.30. The van der Waals surface area contributed by atoms with Crippen LogP contribution in [0.5, 0.6) is 5.75 Å². The van der Waals surface area contributed by atoms with E-state index in [1.807, 2.05) is 24.3 Å². The van der Waals surface area contributed by atoms with Crippen molar-refractivity contribution < 1.29 is 4.74 Å². The lowest BCUT2D eigenvalue weighted by Gasteiger charge is -2.08. The lowest BCUT2D eigenvalue weighted by molar-refractivity contribution is 0.311. The third-order valence-electron chi connectivity index (χ3n) is 2.88. The van der Waals surface area contributed by atoms with Crippen LogP contribution in [0.3, 0.4) is 0 Å². The van der Waals surface area contributed by atoms with Crippen molar-refractivity contribution in [2.45, 2.75) is 18.7 Å². The molecule has 0 atom stereocenters. The molecule has 2 rings (SSSR count). The third-order valence-corrected chi connectivity index (χ3v) is 3.94. The van der Waals surface area contributed by atoms with Gasteiger partial charge in [-0.2, -0.15) is 0 Å². The maximum absolute atomic E-state index is 5.86. The number of hydrogen-bond acceptors (Lipinski definition) is 1. The molecule has 0 fully saturated rings. The minimum Gasteiger partial charge on any atom is -0.494 e. The molecule has 3 heteroatoms. The molecule has 0 N–H and O–H groups in total. The van der Waals surface area contributed by atoms with Gasteiger partial charge in [0.2, 0.25) is 0 Å². The Morgan fingerprint density at radius 1 is 1.05 bits per heavy atom. The molecular weight excluding hydrogens is 324 g/mol. The van der Waals surface area contributed by atoms with Crippen LogP contribution < -0.4 is 4.74 Å². The molecule has 0 saturated carbocycles. The maximum Gasteiger partial charge on any atom is 0.119 e. The molecule has 0 spiro atoms. The lowest BCUT2D eigenvalue weighted by Crippen LogP contribution is -1.99. The summed E-state index contributed by atoms with van der Waals surface area (Å²) in [4.78, 5) is 0. The molecule has 1 nitrogen and oxygen atoms in total.